The minimum Gasteiger partial charge on any atom is -0.396 e. The summed E-state index contributed by atoms with van der Waals surface area (Å²) < 4.78 is 0. The summed E-state index contributed by atoms with van der Waals surface area (Å²) >= 11 is 0. The van der Waals surface area contributed by atoms with Crippen LogP contribution in [0.3, 0.4) is 0 Å². The zero-order valence-electron chi connectivity index (χ0n) is 14.8. The van der Waals surface area contributed by atoms with E-state index in [1.165, 1.54) is 5.56 Å². The number of aryl methyl sites for hydroxylation is 1. The van der Waals surface area contributed by atoms with Crippen LogP contribution in [0.1, 0.15) is 17.5 Å². The largest absolute Gasteiger partial charge is 0.396 e. The van der Waals surface area contributed by atoms with Gasteiger partial charge in [0.1, 0.15) is 0 Å². The Hall–Kier alpha value is -2.17. The maximum atomic E-state index is 12.7. The molecule has 1 aliphatic rings. The van der Waals surface area contributed by atoms with Gasteiger partial charge in [0.05, 0.1) is 6.54 Å². The molecule has 0 spiro atoms. The van der Waals surface area contributed by atoms with Crippen LogP contribution in [0.15, 0.2) is 54.6 Å². The summed E-state index contributed by atoms with van der Waals surface area (Å²) in [5.41, 5.74) is 3.41. The van der Waals surface area contributed by atoms with Gasteiger partial charge >= 0.3 is 0 Å². The van der Waals surface area contributed by atoms with E-state index in [1.54, 1.807) is 0 Å². The van der Waals surface area contributed by atoms with Gasteiger partial charge in [0.25, 0.3) is 0 Å². The van der Waals surface area contributed by atoms with Crippen LogP contribution in [0.4, 0.5) is 5.69 Å². The van der Waals surface area contributed by atoms with Crippen molar-refractivity contribution in [1.29, 1.82) is 0 Å². The van der Waals surface area contributed by atoms with Crippen LogP contribution in [0.5, 0.6) is 0 Å². The molecule has 0 aromatic heterocycles. The van der Waals surface area contributed by atoms with Gasteiger partial charge < -0.3 is 10.0 Å². The third-order valence-corrected chi connectivity index (χ3v) is 4.87. The number of hydrogen-bond donors (Lipinski definition) is 1. The Kier molecular flexibility index (Phi) is 5.84. The normalized spacial score (nSPS) is 18.6. The van der Waals surface area contributed by atoms with Gasteiger partial charge in [-0.1, -0.05) is 48.5 Å². The van der Waals surface area contributed by atoms with E-state index in [4.69, 9.17) is 0 Å². The summed E-state index contributed by atoms with van der Waals surface area (Å²) in [4.78, 5) is 16.9. The van der Waals surface area contributed by atoms with Gasteiger partial charge in [-0.3, -0.25) is 9.69 Å². The van der Waals surface area contributed by atoms with Crippen LogP contribution in [0.25, 0.3) is 0 Å². The fourth-order valence-corrected chi connectivity index (χ4v) is 3.53. The number of benzene rings is 2. The first-order valence-corrected chi connectivity index (χ1v) is 8.94. The molecule has 0 radical (unpaired) electrons. The fraction of sp³-hybridized carbons (Fsp3) is 0.381. The van der Waals surface area contributed by atoms with E-state index >= 15 is 0 Å². The van der Waals surface area contributed by atoms with Crippen molar-refractivity contribution in [2.24, 2.45) is 0 Å². The van der Waals surface area contributed by atoms with Crippen molar-refractivity contribution in [2.75, 3.05) is 31.1 Å². The maximum absolute atomic E-state index is 12.7. The van der Waals surface area contributed by atoms with Crippen molar-refractivity contribution >= 4 is 11.6 Å². The number of nitrogens with zero attached hydrogens (tertiary/aromatic N) is 2. The van der Waals surface area contributed by atoms with Gasteiger partial charge in [-0.25, -0.2) is 0 Å². The molecule has 0 saturated carbocycles. The van der Waals surface area contributed by atoms with E-state index < -0.39 is 0 Å². The highest BCUT2D eigenvalue weighted by Crippen LogP contribution is 2.25. The lowest BCUT2D eigenvalue weighted by molar-refractivity contribution is -0.122. The number of hydrogen-bond acceptors (Lipinski definition) is 3. The second-order valence-corrected chi connectivity index (χ2v) is 6.68. The summed E-state index contributed by atoms with van der Waals surface area (Å²) in [6.07, 6.45) is 1.60. The van der Waals surface area contributed by atoms with Gasteiger partial charge in [-0.05, 0) is 37.0 Å². The molecule has 4 heteroatoms. The molecule has 25 heavy (non-hydrogen) atoms. The van der Waals surface area contributed by atoms with E-state index in [9.17, 15) is 9.90 Å². The quantitative estimate of drug-likeness (QED) is 0.881. The third kappa shape index (κ3) is 4.27. The highest BCUT2D eigenvalue weighted by Gasteiger charge is 2.33. The zero-order valence-corrected chi connectivity index (χ0v) is 14.8. The average molecular weight is 338 g/mol. The molecule has 1 atom stereocenters. The Morgan fingerprint density at radius 2 is 1.80 bits per heavy atom. The van der Waals surface area contributed by atoms with Crippen LogP contribution in [0.2, 0.25) is 0 Å². The molecule has 2 aromatic rings. The average Bonchev–Trinajstić information content (AvgIpc) is 2.63. The molecular formula is C21H26N2O2. The van der Waals surface area contributed by atoms with Gasteiger partial charge in [-0.15, -0.1) is 0 Å². The monoisotopic (exact) mass is 338 g/mol. The van der Waals surface area contributed by atoms with Crippen LogP contribution >= 0.6 is 0 Å². The molecule has 2 aromatic carbocycles. The van der Waals surface area contributed by atoms with Crippen LogP contribution in [0, 0.1) is 6.92 Å². The number of carbonyl (C=O) groups excluding carboxylic acids is 1. The van der Waals surface area contributed by atoms with E-state index in [0.717, 1.165) is 24.2 Å². The Labute approximate surface area is 149 Å². The molecular weight excluding hydrogens is 312 g/mol. The summed E-state index contributed by atoms with van der Waals surface area (Å²) in [5.74, 6) is 0.136. The van der Waals surface area contributed by atoms with Crippen LogP contribution in [-0.2, 0) is 11.2 Å². The molecule has 1 heterocycles. The predicted molar refractivity (Wildman–Crippen MR) is 101 cm³/mol. The number of rotatable bonds is 6. The summed E-state index contributed by atoms with van der Waals surface area (Å²) in [5, 5.41) is 9.18. The second-order valence-electron chi connectivity index (χ2n) is 6.68. The van der Waals surface area contributed by atoms with E-state index in [1.807, 2.05) is 42.2 Å². The van der Waals surface area contributed by atoms with Crippen molar-refractivity contribution in [3.05, 3.63) is 65.7 Å². The van der Waals surface area contributed by atoms with Crippen molar-refractivity contribution < 1.29 is 9.90 Å². The Balaban J connectivity index is 1.82. The molecule has 3 rings (SSSR count). The molecule has 1 saturated heterocycles. The number of para-hydroxylation sites is 1. The van der Waals surface area contributed by atoms with Crippen molar-refractivity contribution in [2.45, 2.75) is 25.8 Å². The molecule has 1 aliphatic heterocycles. The third-order valence-electron chi connectivity index (χ3n) is 4.87. The lowest BCUT2D eigenvalue weighted by Crippen LogP contribution is -2.57. The highest BCUT2D eigenvalue weighted by atomic mass is 16.3. The number of carbonyl (C=O) groups is 1. The fourth-order valence-electron chi connectivity index (χ4n) is 3.53. The Morgan fingerprint density at radius 1 is 1.08 bits per heavy atom. The number of anilines is 1. The van der Waals surface area contributed by atoms with E-state index in [0.29, 0.717) is 19.5 Å². The van der Waals surface area contributed by atoms with Gasteiger partial charge in [0.15, 0.2) is 0 Å². The summed E-state index contributed by atoms with van der Waals surface area (Å²) in [7, 11) is 0. The van der Waals surface area contributed by atoms with Crippen LogP contribution in [-0.4, -0.2) is 48.2 Å². The van der Waals surface area contributed by atoms with Crippen LogP contribution < -0.4 is 4.90 Å². The molecule has 4 nitrogen and oxygen atoms in total. The molecule has 1 fully saturated rings. The number of piperazine rings is 1. The minimum absolute atomic E-state index is 0.136. The van der Waals surface area contributed by atoms with Crippen molar-refractivity contribution in [3.8, 4) is 0 Å². The highest BCUT2D eigenvalue weighted by molar-refractivity contribution is 5.96. The first-order valence-electron chi connectivity index (χ1n) is 8.94. The first kappa shape index (κ1) is 17.6. The van der Waals surface area contributed by atoms with Crippen molar-refractivity contribution in [1.82, 2.24) is 4.90 Å². The summed E-state index contributed by atoms with van der Waals surface area (Å²) in [6, 6.07) is 18.7. The van der Waals surface area contributed by atoms with Crippen molar-refractivity contribution in [3.63, 3.8) is 0 Å². The standard InChI is InChI=1S/C21H26N2O2/c1-17-8-5-6-11-20(17)23-15-19(14-18-9-3-2-4-10-18)22(12-7-13-24)16-21(23)25/h2-6,8-11,19,24H,7,12-16H2,1H3/t19-/m1/s1. The first-order chi connectivity index (χ1) is 12.2. The molecule has 1 amide bonds. The summed E-state index contributed by atoms with van der Waals surface area (Å²) in [6.45, 7) is 4.05. The maximum Gasteiger partial charge on any atom is 0.241 e. The van der Waals surface area contributed by atoms with Gasteiger partial charge in [-0.2, -0.15) is 0 Å². The lowest BCUT2D eigenvalue weighted by Gasteiger charge is -2.41. The van der Waals surface area contributed by atoms with Gasteiger partial charge in [0, 0.05) is 31.4 Å². The Bertz CT molecular complexity index is 702. The number of aliphatic hydroxyl groups is 1. The topological polar surface area (TPSA) is 43.8 Å². The number of amides is 1. The molecule has 0 aliphatic carbocycles. The SMILES string of the molecule is Cc1ccccc1N1C[C@@H](Cc2ccccc2)N(CCCO)CC1=O. The van der Waals surface area contributed by atoms with E-state index in [2.05, 4.69) is 29.2 Å². The molecule has 1 N–H and O–H groups in total. The smallest absolute Gasteiger partial charge is 0.241 e. The zero-order chi connectivity index (χ0) is 17.6. The Morgan fingerprint density at radius 3 is 2.52 bits per heavy atom. The van der Waals surface area contributed by atoms with Gasteiger partial charge in [0.2, 0.25) is 5.91 Å². The second kappa shape index (κ2) is 8.28. The molecule has 0 bridgehead atoms. The lowest BCUT2D eigenvalue weighted by atomic mass is 10.0. The molecule has 0 unspecified atom stereocenters. The van der Waals surface area contributed by atoms with E-state index in [-0.39, 0.29) is 18.6 Å². The predicted octanol–water partition coefficient (Wildman–Crippen LogP) is 2.64. The molecule has 132 valence electrons. The minimum atomic E-state index is 0.136. The number of aliphatic hydroxyl groups excluding tert-OH is 1.